The molecule has 2 aromatic heterocycles. The molecule has 10 nitrogen and oxygen atoms in total. The fourth-order valence-electron chi connectivity index (χ4n) is 5.55. The Balaban J connectivity index is 1.52. The zero-order valence-electron chi connectivity index (χ0n) is 25.5. The zero-order chi connectivity index (χ0) is 35.5. The largest absolute Gasteiger partial charge is 0.478 e. The van der Waals surface area contributed by atoms with Crippen LogP contribution in [0.5, 0.6) is 0 Å². The number of hydrogen-bond acceptors (Lipinski definition) is 9. The quantitative estimate of drug-likeness (QED) is 0.209. The molecule has 1 saturated heterocycles. The van der Waals surface area contributed by atoms with Gasteiger partial charge in [0.25, 0.3) is 0 Å². The van der Waals surface area contributed by atoms with E-state index in [1.54, 1.807) is 19.9 Å². The van der Waals surface area contributed by atoms with Gasteiger partial charge in [-0.3, -0.25) is 4.90 Å². The van der Waals surface area contributed by atoms with Crippen LogP contribution < -0.4 is 0 Å². The van der Waals surface area contributed by atoms with Crippen LogP contribution in [0.15, 0.2) is 52.9 Å². The monoisotopic (exact) mass is 716 g/mol. The van der Waals surface area contributed by atoms with Crippen molar-refractivity contribution in [2.75, 3.05) is 6.26 Å². The van der Waals surface area contributed by atoms with Crippen LogP contribution in [0.4, 0.5) is 31.1 Å². The second-order valence-corrected chi connectivity index (χ2v) is 14.3. The number of hydrogen-bond donors (Lipinski definition) is 1. The van der Waals surface area contributed by atoms with Gasteiger partial charge in [0, 0.05) is 35.1 Å². The summed E-state index contributed by atoms with van der Waals surface area (Å²) in [6.45, 7) is 4.34. The number of amides is 1. The first-order chi connectivity index (χ1) is 22.1. The number of carboxylic acid groups (broad SMARTS) is 1. The number of ether oxygens (including phenoxy) is 1. The summed E-state index contributed by atoms with van der Waals surface area (Å²) >= 11 is 1.16. The predicted octanol–water partition coefficient (Wildman–Crippen LogP) is 6.69. The minimum Gasteiger partial charge on any atom is -0.478 e. The summed E-state index contributed by atoms with van der Waals surface area (Å²) in [5.41, 5.74) is -0.860. The minimum atomic E-state index is -5.08. The number of alkyl halides is 6. The van der Waals surface area contributed by atoms with E-state index in [0.29, 0.717) is 32.8 Å². The molecule has 1 unspecified atom stereocenters. The van der Waals surface area contributed by atoms with Crippen LogP contribution in [0, 0.1) is 19.8 Å². The van der Waals surface area contributed by atoms with E-state index >= 15 is 0 Å². The molecule has 0 bridgehead atoms. The average Bonchev–Trinajstić information content (AvgIpc) is 3.49. The molecule has 1 fully saturated rings. The van der Waals surface area contributed by atoms with E-state index in [-0.39, 0.29) is 22.9 Å². The number of aromatic carboxylic acids is 1. The van der Waals surface area contributed by atoms with Gasteiger partial charge in [-0.2, -0.15) is 26.3 Å². The maximum Gasteiger partial charge on any atom is 0.416 e. The van der Waals surface area contributed by atoms with Crippen LogP contribution >= 0.6 is 11.3 Å². The summed E-state index contributed by atoms with van der Waals surface area (Å²) in [5.74, 6) is -2.58. The molecule has 256 valence electrons. The number of aryl methyl sites for hydroxylation is 2. The normalized spacial score (nSPS) is 20.4. The topological polar surface area (TPSA) is 140 Å². The standard InChI is InChI=1S/C30H26F6N4O6S2/c1-13-7-16(26(41)42)5-6-20(13)25-38-14(2)24(47-25)21-11-37-27(48(4,44)45)39-22(21)12-40-15(3)23(46-28(40)43)17-8-18(29(31,32)33)10-19(9-17)30(34,35)36/h5-8,10-11,15,17,23H,9,12H2,1-4H3,(H,41,42)/t15-,17?,23-/m0/s1. The van der Waals surface area contributed by atoms with Crippen molar-refractivity contribution < 1.29 is 54.2 Å². The van der Waals surface area contributed by atoms with Gasteiger partial charge in [0.05, 0.1) is 40.0 Å². The van der Waals surface area contributed by atoms with Crippen molar-refractivity contribution in [3.8, 4) is 21.0 Å². The third-order valence-corrected chi connectivity index (χ3v) is 10.1. The summed E-state index contributed by atoms with van der Waals surface area (Å²) in [6, 6.07) is 3.43. The first-order valence-corrected chi connectivity index (χ1v) is 16.8. The number of cyclic esters (lactones) is 1. The molecule has 18 heteroatoms. The summed E-state index contributed by atoms with van der Waals surface area (Å²) < 4.78 is 112. The molecule has 3 atom stereocenters. The van der Waals surface area contributed by atoms with Gasteiger partial charge >= 0.3 is 24.4 Å². The first kappa shape index (κ1) is 35.0. The predicted molar refractivity (Wildman–Crippen MR) is 160 cm³/mol. The lowest BCUT2D eigenvalue weighted by Gasteiger charge is -2.30. The Hall–Kier alpha value is -4.32. The van der Waals surface area contributed by atoms with E-state index in [0.717, 1.165) is 22.5 Å². The Morgan fingerprint density at radius 2 is 1.79 bits per heavy atom. The zero-order valence-corrected chi connectivity index (χ0v) is 27.1. The van der Waals surface area contributed by atoms with Crippen molar-refractivity contribution in [2.24, 2.45) is 5.92 Å². The molecule has 1 amide bonds. The van der Waals surface area contributed by atoms with Gasteiger partial charge in [-0.05, 0) is 51.0 Å². The number of halogens is 6. The van der Waals surface area contributed by atoms with Crippen molar-refractivity contribution in [1.29, 1.82) is 0 Å². The maximum absolute atomic E-state index is 13.6. The van der Waals surface area contributed by atoms with E-state index in [9.17, 15) is 49.5 Å². The van der Waals surface area contributed by atoms with Crippen LogP contribution in [0.3, 0.4) is 0 Å². The lowest BCUT2D eigenvalue weighted by atomic mass is 9.83. The molecule has 48 heavy (non-hydrogen) atoms. The highest BCUT2D eigenvalue weighted by Crippen LogP contribution is 2.44. The number of carboxylic acids is 1. The third kappa shape index (κ3) is 6.94. The lowest BCUT2D eigenvalue weighted by molar-refractivity contribution is -0.101. The number of nitrogens with zero attached hydrogens (tertiary/aromatic N) is 4. The van der Waals surface area contributed by atoms with E-state index in [1.807, 2.05) is 0 Å². The SMILES string of the molecule is Cc1cc(C(=O)O)ccc1-c1nc(C)c(-c2cnc(S(C)(=O)=O)nc2CN2C(=O)O[C@H](C3C=C(C(F)(F)F)C=C(C(F)(F)F)C3)[C@@H]2C)s1. The molecule has 1 aliphatic carbocycles. The van der Waals surface area contributed by atoms with Gasteiger partial charge in [-0.25, -0.2) is 33.0 Å². The Morgan fingerprint density at radius 3 is 2.38 bits per heavy atom. The highest BCUT2D eigenvalue weighted by atomic mass is 32.2. The fraction of sp³-hybridized carbons (Fsp3) is 0.367. The minimum absolute atomic E-state index is 0.0113. The Morgan fingerprint density at radius 1 is 1.10 bits per heavy atom. The molecule has 1 aliphatic heterocycles. The molecule has 3 aromatic rings. The number of sulfone groups is 1. The van der Waals surface area contributed by atoms with Gasteiger partial charge < -0.3 is 9.84 Å². The number of aromatic nitrogens is 3. The highest BCUT2D eigenvalue weighted by molar-refractivity contribution is 7.90. The molecule has 0 radical (unpaired) electrons. The molecular weight excluding hydrogens is 690 g/mol. The lowest BCUT2D eigenvalue weighted by Crippen LogP contribution is -2.38. The Bertz CT molecular complexity index is 1990. The summed E-state index contributed by atoms with van der Waals surface area (Å²) in [6.07, 6.45) is -10.7. The molecule has 2 aliphatic rings. The molecule has 3 heterocycles. The second-order valence-electron chi connectivity index (χ2n) is 11.4. The average molecular weight is 717 g/mol. The van der Waals surface area contributed by atoms with Gasteiger partial charge in [0.1, 0.15) is 11.1 Å². The second kappa shape index (κ2) is 12.3. The van der Waals surface area contributed by atoms with Crippen LogP contribution in [0.1, 0.15) is 40.7 Å². The van der Waals surface area contributed by atoms with Crippen molar-refractivity contribution >= 4 is 33.2 Å². The number of rotatable bonds is 7. The highest BCUT2D eigenvalue weighted by Gasteiger charge is 2.48. The molecule has 0 saturated carbocycles. The van der Waals surface area contributed by atoms with Crippen LogP contribution in [-0.4, -0.2) is 76.2 Å². The summed E-state index contributed by atoms with van der Waals surface area (Å²) in [7, 11) is -3.96. The number of carbonyl (C=O) groups is 2. The van der Waals surface area contributed by atoms with Crippen molar-refractivity contribution in [1.82, 2.24) is 19.9 Å². The van der Waals surface area contributed by atoms with E-state index < -0.39 is 81.6 Å². The van der Waals surface area contributed by atoms with Gasteiger partial charge in [0.15, 0.2) is 0 Å². The summed E-state index contributed by atoms with van der Waals surface area (Å²) in [5, 5.41) is 9.22. The Kier molecular flexibility index (Phi) is 8.96. The summed E-state index contributed by atoms with van der Waals surface area (Å²) in [4.78, 5) is 38.8. The maximum atomic E-state index is 13.6. The smallest absolute Gasteiger partial charge is 0.416 e. The number of carbonyl (C=O) groups excluding carboxylic acids is 1. The number of allylic oxidation sites excluding steroid dienone is 3. The first-order valence-electron chi connectivity index (χ1n) is 14.1. The molecule has 5 rings (SSSR count). The Labute approximate surface area is 273 Å². The molecular formula is C30H26F6N4O6S2. The van der Waals surface area contributed by atoms with E-state index in [4.69, 9.17) is 4.74 Å². The molecule has 0 spiro atoms. The van der Waals surface area contributed by atoms with Crippen LogP contribution in [0.2, 0.25) is 0 Å². The molecule has 1 aromatic carbocycles. The van der Waals surface area contributed by atoms with Crippen molar-refractivity contribution in [3.63, 3.8) is 0 Å². The number of benzene rings is 1. The number of thiazole rings is 1. The van der Waals surface area contributed by atoms with Crippen LogP contribution in [-0.2, 0) is 21.1 Å². The van der Waals surface area contributed by atoms with Crippen molar-refractivity contribution in [3.05, 3.63) is 70.2 Å². The van der Waals surface area contributed by atoms with Gasteiger partial charge in [-0.15, -0.1) is 11.3 Å². The van der Waals surface area contributed by atoms with E-state index in [2.05, 4.69) is 15.0 Å². The third-order valence-electron chi connectivity index (χ3n) is 7.97. The van der Waals surface area contributed by atoms with E-state index in [1.165, 1.54) is 25.3 Å². The molecule has 1 N–H and O–H groups in total. The fourth-order valence-corrected chi connectivity index (χ4v) is 7.26. The van der Waals surface area contributed by atoms with Gasteiger partial charge in [-0.1, -0.05) is 12.1 Å². The van der Waals surface area contributed by atoms with Crippen LogP contribution in [0.25, 0.3) is 21.0 Å². The van der Waals surface area contributed by atoms with Gasteiger partial charge in [0.2, 0.25) is 15.0 Å². The van der Waals surface area contributed by atoms with Crippen molar-refractivity contribution in [2.45, 2.75) is 63.4 Å².